The minimum atomic E-state index is -1.97. The molecule has 1 saturated heterocycles. The first-order valence-corrected chi connectivity index (χ1v) is 22.9. The van der Waals surface area contributed by atoms with Crippen LogP contribution < -0.4 is 24.6 Å². The number of esters is 1. The Hall–Kier alpha value is -5.88. The molecular formula is C49H60N4O12S. The van der Waals surface area contributed by atoms with Gasteiger partial charge in [-0.2, -0.15) is 0 Å². The van der Waals surface area contributed by atoms with Crippen molar-refractivity contribution in [1.29, 1.82) is 0 Å². The first-order chi connectivity index (χ1) is 31.3. The number of carbonyl (C=O) groups excluding carboxylic acids is 3. The normalized spacial score (nSPS) is 29.5. The van der Waals surface area contributed by atoms with Crippen molar-refractivity contribution in [3.8, 4) is 23.0 Å². The van der Waals surface area contributed by atoms with E-state index in [1.807, 2.05) is 24.3 Å². The number of thiazole rings is 1. The summed E-state index contributed by atoms with van der Waals surface area (Å²) in [4.78, 5) is 50.7. The van der Waals surface area contributed by atoms with Gasteiger partial charge in [0.25, 0.3) is 11.7 Å². The Bertz CT molecular complexity index is 2600. The van der Waals surface area contributed by atoms with Gasteiger partial charge in [-0.15, -0.1) is 0 Å². The molecule has 354 valence electrons. The third-order valence-electron chi connectivity index (χ3n) is 13.3. The van der Waals surface area contributed by atoms with Crippen LogP contribution >= 0.6 is 11.3 Å². The first-order valence-electron chi connectivity index (χ1n) is 22.1. The number of piperazine rings is 1. The maximum atomic E-state index is 14.8. The number of aromatic hydroxyl groups is 2. The number of anilines is 3. The Morgan fingerprint density at radius 2 is 1.58 bits per heavy atom. The fourth-order valence-corrected chi connectivity index (χ4v) is 10.3. The molecule has 1 fully saturated rings. The molecule has 0 spiro atoms. The van der Waals surface area contributed by atoms with E-state index < -0.39 is 77.3 Å². The predicted molar refractivity (Wildman–Crippen MR) is 253 cm³/mol. The molecular weight excluding hydrogens is 869 g/mol. The van der Waals surface area contributed by atoms with Crippen LogP contribution in [0.1, 0.15) is 64.4 Å². The zero-order chi connectivity index (χ0) is 47.9. The van der Waals surface area contributed by atoms with Gasteiger partial charge in [-0.05, 0) is 44.2 Å². The summed E-state index contributed by atoms with van der Waals surface area (Å²) >= 11 is 1.24. The van der Waals surface area contributed by atoms with Crippen molar-refractivity contribution in [1.82, 2.24) is 4.98 Å². The molecule has 7 rings (SSSR count). The van der Waals surface area contributed by atoms with Gasteiger partial charge in [0.05, 0.1) is 52.9 Å². The van der Waals surface area contributed by atoms with Crippen LogP contribution in [0.5, 0.6) is 23.0 Å². The smallest absolute Gasteiger partial charge is 0.312 e. The lowest BCUT2D eigenvalue weighted by atomic mass is 9.78. The van der Waals surface area contributed by atoms with Crippen LogP contribution in [-0.4, -0.2) is 114 Å². The van der Waals surface area contributed by atoms with E-state index in [4.69, 9.17) is 28.7 Å². The maximum Gasteiger partial charge on any atom is 0.312 e. The summed E-state index contributed by atoms with van der Waals surface area (Å²) in [5, 5.41) is 50.6. The SMILES string of the molecule is COc1ccc(N2CCN(c3nc4c(s3)c3c(O)c5c(O)c(C)c6c(c54)C(=O)[C@@](C)(O/C=C/[C@H](OC)[C@@H](C)[C@@H](OC(C)=O)[C@H](C)[C@H](O)[C@H](C)[C@@H](O)[C@@H](C)/C=C/C=C(/C)C(=O)N3)O6)CC2)cc1. The van der Waals surface area contributed by atoms with Crippen LogP contribution in [0.25, 0.3) is 21.0 Å². The number of aliphatic hydroxyl groups is 2. The third kappa shape index (κ3) is 8.88. The number of aromatic nitrogens is 1. The summed E-state index contributed by atoms with van der Waals surface area (Å²) < 4.78 is 29.8. The first kappa shape index (κ1) is 48.1. The number of nitrogens with one attached hydrogen (secondary N) is 1. The summed E-state index contributed by atoms with van der Waals surface area (Å²) in [5.41, 5.74) is 1.74. The summed E-state index contributed by atoms with van der Waals surface area (Å²) in [6.45, 7) is 15.4. The number of methoxy groups -OCH3 is 2. The number of rotatable bonds is 5. The van der Waals surface area contributed by atoms with Crippen molar-refractivity contribution in [3.63, 3.8) is 0 Å². The number of Topliss-reactive ketones (excluding diaryl/α,β-unsaturated/α-hetero) is 1. The summed E-state index contributed by atoms with van der Waals surface area (Å²) in [7, 11) is 3.09. The Balaban J connectivity index is 1.36. The van der Waals surface area contributed by atoms with Crippen molar-refractivity contribution >= 4 is 66.5 Å². The van der Waals surface area contributed by atoms with E-state index in [0.717, 1.165) is 11.4 Å². The summed E-state index contributed by atoms with van der Waals surface area (Å²) in [6.07, 6.45) is 3.92. The molecule has 1 aromatic heterocycles. The van der Waals surface area contributed by atoms with Crippen molar-refractivity contribution in [2.45, 2.75) is 85.6 Å². The molecule has 5 N–H and O–H groups in total. The Kier molecular flexibility index (Phi) is 13.9. The molecule has 4 bridgehead atoms. The van der Waals surface area contributed by atoms with Gasteiger partial charge in [0, 0.05) is 93.0 Å². The van der Waals surface area contributed by atoms with Gasteiger partial charge in [0.15, 0.2) is 10.9 Å². The van der Waals surface area contributed by atoms with Crippen molar-refractivity contribution in [2.75, 3.05) is 55.5 Å². The van der Waals surface area contributed by atoms with Crippen LogP contribution in [0.4, 0.5) is 16.5 Å². The number of ketones is 1. The maximum absolute atomic E-state index is 14.8. The largest absolute Gasteiger partial charge is 0.507 e. The molecule has 3 aromatic carbocycles. The molecule has 66 heavy (non-hydrogen) atoms. The zero-order valence-corrected chi connectivity index (χ0v) is 39.8. The molecule has 4 aromatic rings. The van der Waals surface area contributed by atoms with Crippen LogP contribution in [0.3, 0.4) is 0 Å². The van der Waals surface area contributed by atoms with Crippen molar-refractivity contribution in [3.05, 3.63) is 71.5 Å². The number of aliphatic hydroxyl groups excluding tert-OH is 2. The van der Waals surface area contributed by atoms with E-state index in [-0.39, 0.29) is 50.2 Å². The highest BCUT2D eigenvalue weighted by atomic mass is 32.1. The summed E-state index contributed by atoms with van der Waals surface area (Å²) in [6, 6.07) is 7.85. The second-order valence-corrected chi connectivity index (χ2v) is 18.7. The number of phenolic OH excluding ortho intramolecular Hbond substituents is 2. The molecule has 0 radical (unpaired) electrons. The van der Waals surface area contributed by atoms with Gasteiger partial charge in [-0.25, -0.2) is 4.98 Å². The highest BCUT2D eigenvalue weighted by molar-refractivity contribution is 7.23. The van der Waals surface area contributed by atoms with E-state index in [0.29, 0.717) is 36.0 Å². The zero-order valence-electron chi connectivity index (χ0n) is 38.9. The number of hydrogen-bond acceptors (Lipinski definition) is 16. The van der Waals surface area contributed by atoms with Gasteiger partial charge in [0.2, 0.25) is 0 Å². The Morgan fingerprint density at radius 1 is 0.909 bits per heavy atom. The molecule has 4 heterocycles. The number of benzene rings is 3. The number of fused-ring (bicyclic) bond motifs is 1. The number of ether oxygens (including phenoxy) is 5. The molecule has 16 nitrogen and oxygen atoms in total. The number of phenols is 2. The third-order valence-corrected chi connectivity index (χ3v) is 14.5. The fraction of sp³-hybridized carbons (Fsp3) is 0.469. The van der Waals surface area contributed by atoms with E-state index in [2.05, 4.69) is 15.1 Å². The second-order valence-electron chi connectivity index (χ2n) is 17.7. The van der Waals surface area contributed by atoms with Crippen LogP contribution in [-0.2, 0) is 23.8 Å². The number of nitrogens with zero attached hydrogens (tertiary/aromatic N) is 3. The Labute approximate surface area is 388 Å². The van der Waals surface area contributed by atoms with E-state index >= 15 is 0 Å². The van der Waals surface area contributed by atoms with Gasteiger partial charge in [-0.1, -0.05) is 57.3 Å². The molecule has 3 aliphatic heterocycles. The quantitative estimate of drug-likeness (QED) is 0.101. The fourth-order valence-electron chi connectivity index (χ4n) is 9.20. The Morgan fingerprint density at radius 3 is 2.21 bits per heavy atom. The molecule has 0 saturated carbocycles. The standard InChI is InChI=1S/C49H60N4O12S/c1-24-12-11-13-25(2)47(60)50-38-42(58)35-34(37-45(38)66-48(51-37)53-21-19-52(20-22-53)31-14-16-32(61-9)17-15-31)36-44(29(6)41(35)57)65-49(8,46(36)59)63-23-18-33(62-10)26(3)43(64-30(7)54)28(5)40(56)27(4)39(24)55/h11-18,23-24,26-28,33,39-40,43,55-58H,19-22H2,1-10H3,(H,50,60)/b12-11+,23-18+,25-13-/t24-,26+,27+,28+,33-,39-,40+,43+,49-/m0/s1. The molecule has 9 atom stereocenters. The average Bonchev–Trinajstić information content (AvgIpc) is 3.86. The highest BCUT2D eigenvalue weighted by Gasteiger charge is 2.50. The lowest BCUT2D eigenvalue weighted by Gasteiger charge is -2.38. The lowest BCUT2D eigenvalue weighted by Crippen LogP contribution is -2.46. The van der Waals surface area contributed by atoms with Crippen molar-refractivity contribution in [2.24, 2.45) is 23.7 Å². The average molecular weight is 929 g/mol. The van der Waals surface area contributed by atoms with Crippen LogP contribution in [0, 0.1) is 30.6 Å². The predicted octanol–water partition coefficient (Wildman–Crippen LogP) is 6.99. The number of amides is 1. The number of carbonyl (C=O) groups is 3. The second kappa shape index (κ2) is 19.1. The molecule has 0 aliphatic carbocycles. The van der Waals surface area contributed by atoms with Gasteiger partial charge in [-0.3, -0.25) is 14.4 Å². The van der Waals surface area contributed by atoms with Crippen LogP contribution in [0.15, 0.2) is 60.4 Å². The topological polar surface area (TPSA) is 210 Å². The molecule has 3 aliphatic rings. The van der Waals surface area contributed by atoms with Gasteiger partial charge >= 0.3 is 11.8 Å². The monoisotopic (exact) mass is 928 g/mol. The van der Waals surface area contributed by atoms with E-state index in [1.54, 1.807) is 73.0 Å². The highest BCUT2D eigenvalue weighted by Crippen LogP contribution is 2.55. The lowest BCUT2D eigenvalue weighted by molar-refractivity contribution is -0.160. The molecule has 0 unspecified atom stereocenters. The van der Waals surface area contributed by atoms with Crippen molar-refractivity contribution < 1.29 is 58.5 Å². The number of hydrogen-bond donors (Lipinski definition) is 5. The minimum Gasteiger partial charge on any atom is -0.507 e. The molecule has 1 amide bonds. The molecule has 17 heteroatoms. The summed E-state index contributed by atoms with van der Waals surface area (Å²) in [5.74, 6) is -6.17. The van der Waals surface area contributed by atoms with Gasteiger partial charge < -0.3 is 59.2 Å². The van der Waals surface area contributed by atoms with E-state index in [1.165, 1.54) is 38.6 Å². The minimum absolute atomic E-state index is 0.00442. The van der Waals surface area contributed by atoms with Gasteiger partial charge in [0.1, 0.15) is 29.0 Å². The van der Waals surface area contributed by atoms with E-state index in [9.17, 15) is 34.8 Å². The number of allylic oxidation sites excluding steroid dienone is 2. The van der Waals surface area contributed by atoms with Crippen LogP contribution in [0.2, 0.25) is 0 Å².